The molecule has 1 aromatic carbocycles. The summed E-state index contributed by atoms with van der Waals surface area (Å²) in [7, 11) is 0. The van der Waals surface area contributed by atoms with Gasteiger partial charge >= 0.3 is 0 Å². The lowest BCUT2D eigenvalue weighted by molar-refractivity contribution is 0.106. The molecule has 0 radical (unpaired) electrons. The van der Waals surface area contributed by atoms with E-state index >= 15 is 0 Å². The van der Waals surface area contributed by atoms with E-state index in [4.69, 9.17) is 15.9 Å². The first-order valence-corrected chi connectivity index (χ1v) is 10.0. The number of nitrogens with one attached hydrogen (secondary N) is 2. The van der Waals surface area contributed by atoms with Gasteiger partial charge in [-0.25, -0.2) is 0 Å². The van der Waals surface area contributed by atoms with Crippen LogP contribution in [0, 0.1) is 5.41 Å². The van der Waals surface area contributed by atoms with Crippen molar-refractivity contribution >= 4 is 17.5 Å². The highest BCUT2D eigenvalue weighted by Crippen LogP contribution is 2.40. The van der Waals surface area contributed by atoms with Crippen molar-refractivity contribution < 1.29 is 9.84 Å². The van der Waals surface area contributed by atoms with Crippen LogP contribution >= 0.6 is 11.8 Å². The summed E-state index contributed by atoms with van der Waals surface area (Å²) in [5.41, 5.74) is 9.28. The van der Waals surface area contributed by atoms with E-state index in [-0.39, 0.29) is 6.61 Å². The minimum atomic E-state index is -0.575. The third-order valence-corrected chi connectivity index (χ3v) is 5.87. The zero-order chi connectivity index (χ0) is 19.1. The van der Waals surface area contributed by atoms with Gasteiger partial charge in [0.25, 0.3) is 0 Å². The maximum absolute atomic E-state index is 10.1. The molecular weight excluding hydrogens is 360 g/mol. The van der Waals surface area contributed by atoms with Crippen molar-refractivity contribution in [3.8, 4) is 5.75 Å². The topological polar surface area (TPSA) is 104 Å². The molecular formula is C20H26N4O2S. The van der Waals surface area contributed by atoms with Crippen LogP contribution in [0.4, 0.5) is 0 Å². The van der Waals surface area contributed by atoms with Crippen molar-refractivity contribution in [1.29, 1.82) is 5.41 Å². The van der Waals surface area contributed by atoms with Crippen LogP contribution in [0.2, 0.25) is 0 Å². The molecule has 2 atom stereocenters. The Hall–Kier alpha value is -1.93. The van der Waals surface area contributed by atoms with E-state index in [1.165, 1.54) is 5.56 Å². The number of aliphatic hydroxyl groups excluding tert-OH is 1. The van der Waals surface area contributed by atoms with Gasteiger partial charge in [-0.3, -0.25) is 4.98 Å². The Morgan fingerprint density at radius 3 is 2.67 bits per heavy atom. The molecule has 6 nitrogen and oxygen atoms in total. The average molecular weight is 387 g/mol. The van der Waals surface area contributed by atoms with Gasteiger partial charge in [0.15, 0.2) is 0 Å². The number of benzene rings is 1. The Kier molecular flexibility index (Phi) is 6.84. The fraction of sp³-hybridized carbons (Fsp3) is 0.400. The molecule has 1 aliphatic heterocycles. The molecule has 2 unspecified atom stereocenters. The SMILES string of the molecule is N=C1CSC(N)(c2ccc(OCC(O)CNCCc3ccncc3)cc2)C1. The fourth-order valence-electron chi connectivity index (χ4n) is 2.96. The third kappa shape index (κ3) is 5.77. The second-order valence-electron chi connectivity index (χ2n) is 6.76. The molecule has 0 spiro atoms. The van der Waals surface area contributed by atoms with Crippen LogP contribution in [0.15, 0.2) is 48.8 Å². The smallest absolute Gasteiger partial charge is 0.119 e. The van der Waals surface area contributed by atoms with Crippen molar-refractivity contribution in [3.05, 3.63) is 59.9 Å². The number of nitrogens with two attached hydrogens (primary N) is 1. The second kappa shape index (κ2) is 9.32. The summed E-state index contributed by atoms with van der Waals surface area (Å²) in [5, 5.41) is 21.1. The van der Waals surface area contributed by atoms with Crippen molar-refractivity contribution in [2.45, 2.75) is 23.8 Å². The summed E-state index contributed by atoms with van der Waals surface area (Å²) in [6.07, 6.45) is 4.47. The van der Waals surface area contributed by atoms with Crippen LogP contribution in [0.3, 0.4) is 0 Å². The highest BCUT2D eigenvalue weighted by molar-refractivity contribution is 8.01. The lowest BCUT2D eigenvalue weighted by Gasteiger charge is -2.23. The Morgan fingerprint density at radius 2 is 2.00 bits per heavy atom. The Morgan fingerprint density at radius 1 is 1.26 bits per heavy atom. The number of aliphatic hydroxyl groups is 1. The van der Waals surface area contributed by atoms with Crippen LogP contribution in [0.1, 0.15) is 17.5 Å². The zero-order valence-electron chi connectivity index (χ0n) is 15.2. The van der Waals surface area contributed by atoms with Crippen molar-refractivity contribution in [2.75, 3.05) is 25.4 Å². The number of aromatic nitrogens is 1. The molecule has 7 heteroatoms. The number of ether oxygens (including phenoxy) is 1. The number of rotatable bonds is 9. The van der Waals surface area contributed by atoms with E-state index in [2.05, 4.69) is 10.3 Å². The quantitative estimate of drug-likeness (QED) is 0.491. The minimum absolute atomic E-state index is 0.231. The molecule has 2 heterocycles. The highest BCUT2D eigenvalue weighted by atomic mass is 32.2. The number of thioether (sulfide) groups is 1. The van der Waals surface area contributed by atoms with Gasteiger partial charge in [0.1, 0.15) is 18.5 Å². The van der Waals surface area contributed by atoms with E-state index in [9.17, 15) is 5.11 Å². The fourth-order valence-corrected chi connectivity index (χ4v) is 4.07. The zero-order valence-corrected chi connectivity index (χ0v) is 16.0. The van der Waals surface area contributed by atoms with Crippen LogP contribution < -0.4 is 15.8 Å². The summed E-state index contributed by atoms with van der Waals surface area (Å²) in [5.74, 6) is 1.39. The van der Waals surface area contributed by atoms with Gasteiger partial charge in [-0.2, -0.15) is 0 Å². The predicted molar refractivity (Wildman–Crippen MR) is 109 cm³/mol. The lowest BCUT2D eigenvalue weighted by atomic mass is 10.0. The van der Waals surface area contributed by atoms with Gasteiger partial charge < -0.3 is 26.3 Å². The molecule has 0 saturated carbocycles. The number of pyridine rings is 1. The summed E-state index contributed by atoms with van der Waals surface area (Å²) in [4.78, 5) is 3.49. The summed E-state index contributed by atoms with van der Waals surface area (Å²) < 4.78 is 5.67. The molecule has 1 aromatic heterocycles. The third-order valence-electron chi connectivity index (χ3n) is 4.49. The predicted octanol–water partition coefficient (Wildman–Crippen LogP) is 1.92. The van der Waals surface area contributed by atoms with Crippen LogP contribution in [0.25, 0.3) is 0 Å². The van der Waals surface area contributed by atoms with Gasteiger partial charge in [-0.1, -0.05) is 12.1 Å². The maximum atomic E-state index is 10.1. The van der Waals surface area contributed by atoms with E-state index in [0.29, 0.717) is 30.2 Å². The van der Waals surface area contributed by atoms with Gasteiger partial charge in [0.2, 0.25) is 0 Å². The Bertz CT molecular complexity index is 741. The van der Waals surface area contributed by atoms with Gasteiger partial charge in [-0.15, -0.1) is 11.8 Å². The molecule has 1 saturated heterocycles. The number of hydrogen-bond donors (Lipinski definition) is 4. The molecule has 27 heavy (non-hydrogen) atoms. The Balaban J connectivity index is 1.37. The van der Waals surface area contributed by atoms with Crippen LogP contribution in [0.5, 0.6) is 5.75 Å². The van der Waals surface area contributed by atoms with E-state index in [1.807, 2.05) is 36.4 Å². The molecule has 144 valence electrons. The summed E-state index contributed by atoms with van der Waals surface area (Å²) in [6.45, 7) is 1.50. The minimum Gasteiger partial charge on any atom is -0.491 e. The molecule has 0 aliphatic carbocycles. The first-order valence-electron chi connectivity index (χ1n) is 9.05. The first kappa shape index (κ1) is 19.8. The average Bonchev–Trinajstić information content (AvgIpc) is 3.05. The van der Waals surface area contributed by atoms with Crippen LogP contribution in [-0.4, -0.2) is 47.4 Å². The summed E-state index contributed by atoms with van der Waals surface area (Å²) >= 11 is 1.60. The highest BCUT2D eigenvalue weighted by Gasteiger charge is 2.35. The van der Waals surface area contributed by atoms with Crippen molar-refractivity contribution in [1.82, 2.24) is 10.3 Å². The van der Waals surface area contributed by atoms with E-state index in [1.54, 1.807) is 24.2 Å². The van der Waals surface area contributed by atoms with Gasteiger partial charge in [0, 0.05) is 36.8 Å². The molecule has 2 aromatic rings. The molecule has 3 rings (SSSR count). The number of nitrogens with zero attached hydrogens (tertiary/aromatic N) is 1. The van der Waals surface area contributed by atoms with Gasteiger partial charge in [-0.05, 0) is 48.4 Å². The largest absolute Gasteiger partial charge is 0.491 e. The lowest BCUT2D eigenvalue weighted by Crippen LogP contribution is -2.32. The molecule has 1 aliphatic rings. The monoisotopic (exact) mass is 386 g/mol. The Labute approximate surface area is 164 Å². The molecule has 0 amide bonds. The standard InChI is InChI=1S/C20H26N4O2S/c21-17-11-20(22,27-14-17)16-1-3-19(4-2-16)26-13-18(25)12-24-10-7-15-5-8-23-9-6-15/h1-6,8-9,18,21,24-25H,7,10-14,22H2. The molecule has 0 bridgehead atoms. The summed E-state index contributed by atoms with van der Waals surface area (Å²) in [6, 6.07) is 11.6. The first-order chi connectivity index (χ1) is 13.0. The van der Waals surface area contributed by atoms with E-state index in [0.717, 1.165) is 18.5 Å². The van der Waals surface area contributed by atoms with Crippen molar-refractivity contribution in [3.63, 3.8) is 0 Å². The molecule has 5 N–H and O–H groups in total. The van der Waals surface area contributed by atoms with Gasteiger partial charge in [0.05, 0.1) is 4.87 Å². The van der Waals surface area contributed by atoms with E-state index < -0.39 is 11.0 Å². The number of hydrogen-bond acceptors (Lipinski definition) is 7. The normalized spacial score (nSPS) is 20.6. The molecule has 1 fully saturated rings. The maximum Gasteiger partial charge on any atom is 0.119 e. The second-order valence-corrected chi connectivity index (χ2v) is 8.06. The van der Waals surface area contributed by atoms with Crippen LogP contribution in [-0.2, 0) is 11.3 Å². The van der Waals surface area contributed by atoms with Crippen molar-refractivity contribution in [2.24, 2.45) is 5.73 Å².